The molecule has 0 atom stereocenters. The first kappa shape index (κ1) is 18.1. The molecular formula is C19H18N8O3. The molecule has 4 heterocycles. The summed E-state index contributed by atoms with van der Waals surface area (Å²) in [6.07, 6.45) is 3.12. The van der Waals surface area contributed by atoms with Crippen LogP contribution in [0.5, 0.6) is 0 Å². The standard InChI is InChI=1S/C19H18N8O3/c28-19(22-15-5-8-30-26-15)21-13-3-1-12(2-4-13)16-23-17-14(11-20-25-17)18(24-16)27-6-9-29-10-7-27/h1-5,8,11H,6-7,9-10H2,(H,20,23,24,25)(H2,21,22,26,28). The second-order valence-corrected chi connectivity index (χ2v) is 6.64. The van der Waals surface area contributed by atoms with E-state index in [1.54, 1.807) is 24.4 Å². The summed E-state index contributed by atoms with van der Waals surface area (Å²) in [5, 5.41) is 16.9. The molecule has 3 aromatic heterocycles. The number of morpholine rings is 1. The minimum atomic E-state index is -0.415. The van der Waals surface area contributed by atoms with Crippen LogP contribution >= 0.6 is 0 Å². The normalized spacial score (nSPS) is 14.1. The van der Waals surface area contributed by atoms with Gasteiger partial charge < -0.3 is 19.5 Å². The number of urea groups is 1. The number of fused-ring (bicyclic) bond motifs is 1. The summed E-state index contributed by atoms with van der Waals surface area (Å²) in [6.45, 7) is 2.85. The summed E-state index contributed by atoms with van der Waals surface area (Å²) >= 11 is 0. The summed E-state index contributed by atoms with van der Waals surface area (Å²) in [7, 11) is 0. The molecule has 5 rings (SSSR count). The molecule has 1 fully saturated rings. The van der Waals surface area contributed by atoms with Gasteiger partial charge in [0.15, 0.2) is 17.3 Å². The molecule has 2 amide bonds. The van der Waals surface area contributed by atoms with Crippen LogP contribution in [-0.4, -0.2) is 57.7 Å². The van der Waals surface area contributed by atoms with Crippen LogP contribution in [0, 0.1) is 0 Å². The van der Waals surface area contributed by atoms with Crippen molar-refractivity contribution in [1.82, 2.24) is 25.3 Å². The lowest BCUT2D eigenvalue weighted by atomic mass is 10.2. The maximum atomic E-state index is 12.0. The van der Waals surface area contributed by atoms with Crippen molar-refractivity contribution in [2.45, 2.75) is 0 Å². The van der Waals surface area contributed by atoms with Crippen LogP contribution in [0.2, 0.25) is 0 Å². The number of carbonyl (C=O) groups excluding carboxylic acids is 1. The van der Waals surface area contributed by atoms with E-state index in [1.807, 2.05) is 12.1 Å². The summed E-state index contributed by atoms with van der Waals surface area (Å²) < 4.78 is 10.1. The Bertz CT molecular complexity index is 1150. The van der Waals surface area contributed by atoms with Gasteiger partial charge in [-0.15, -0.1) is 0 Å². The maximum Gasteiger partial charge on any atom is 0.324 e. The average molecular weight is 406 g/mol. The largest absolute Gasteiger partial charge is 0.378 e. The van der Waals surface area contributed by atoms with E-state index in [1.165, 1.54) is 6.26 Å². The van der Waals surface area contributed by atoms with Crippen molar-refractivity contribution in [3.8, 4) is 11.4 Å². The van der Waals surface area contributed by atoms with Crippen molar-refractivity contribution >= 4 is 34.4 Å². The topological polar surface area (TPSA) is 134 Å². The van der Waals surface area contributed by atoms with Gasteiger partial charge in [-0.1, -0.05) is 5.16 Å². The van der Waals surface area contributed by atoms with E-state index in [-0.39, 0.29) is 0 Å². The SMILES string of the molecule is O=C(Nc1ccc(-c2nc(N3CCOCC3)c3cn[nH]c3n2)cc1)Nc1ccon1. The fraction of sp³-hybridized carbons (Fsp3) is 0.211. The molecule has 1 aliphatic heterocycles. The second-order valence-electron chi connectivity index (χ2n) is 6.64. The van der Waals surface area contributed by atoms with Crippen LogP contribution < -0.4 is 15.5 Å². The molecule has 0 aliphatic carbocycles. The quantitative estimate of drug-likeness (QED) is 0.471. The molecule has 152 valence electrons. The summed E-state index contributed by atoms with van der Waals surface area (Å²) in [5.41, 5.74) is 2.12. The predicted molar refractivity (Wildman–Crippen MR) is 109 cm³/mol. The molecule has 30 heavy (non-hydrogen) atoms. The zero-order valence-electron chi connectivity index (χ0n) is 15.8. The van der Waals surface area contributed by atoms with E-state index >= 15 is 0 Å². The molecule has 0 unspecified atom stereocenters. The Balaban J connectivity index is 1.38. The molecular weight excluding hydrogens is 388 g/mol. The number of anilines is 3. The average Bonchev–Trinajstić information content (AvgIpc) is 3.46. The van der Waals surface area contributed by atoms with Crippen LogP contribution in [-0.2, 0) is 4.74 Å². The zero-order chi connectivity index (χ0) is 20.3. The molecule has 1 saturated heterocycles. The monoisotopic (exact) mass is 406 g/mol. The van der Waals surface area contributed by atoms with Gasteiger partial charge in [-0.3, -0.25) is 10.4 Å². The number of aromatic nitrogens is 5. The Labute approximate surface area is 170 Å². The number of carbonyl (C=O) groups is 1. The lowest BCUT2D eigenvalue weighted by molar-refractivity contribution is 0.122. The van der Waals surface area contributed by atoms with Crippen LogP contribution in [0.15, 0.2) is 47.3 Å². The molecule has 11 nitrogen and oxygen atoms in total. The number of ether oxygens (including phenoxy) is 1. The van der Waals surface area contributed by atoms with Crippen molar-refractivity contribution in [3.05, 3.63) is 42.8 Å². The Hall–Kier alpha value is -3.99. The molecule has 0 bridgehead atoms. The Morgan fingerprint density at radius 1 is 1.07 bits per heavy atom. The van der Waals surface area contributed by atoms with E-state index in [0.717, 1.165) is 29.9 Å². The first-order valence-electron chi connectivity index (χ1n) is 9.39. The smallest absolute Gasteiger partial charge is 0.324 e. The number of aromatic amines is 1. The number of benzene rings is 1. The van der Waals surface area contributed by atoms with Crippen molar-refractivity contribution < 1.29 is 14.1 Å². The van der Waals surface area contributed by atoms with Gasteiger partial charge in [-0.25, -0.2) is 14.8 Å². The fourth-order valence-electron chi connectivity index (χ4n) is 3.22. The highest BCUT2D eigenvalue weighted by Crippen LogP contribution is 2.27. The number of rotatable bonds is 4. The second kappa shape index (κ2) is 7.79. The van der Waals surface area contributed by atoms with Gasteiger partial charge in [0.1, 0.15) is 12.1 Å². The first-order chi connectivity index (χ1) is 14.8. The van der Waals surface area contributed by atoms with Crippen molar-refractivity contribution in [2.24, 2.45) is 0 Å². The summed E-state index contributed by atoms with van der Waals surface area (Å²) in [6, 6.07) is 8.41. The Morgan fingerprint density at radius 2 is 1.90 bits per heavy atom. The fourth-order valence-corrected chi connectivity index (χ4v) is 3.22. The number of nitrogens with one attached hydrogen (secondary N) is 3. The van der Waals surface area contributed by atoms with Crippen molar-refractivity contribution in [1.29, 1.82) is 0 Å². The first-order valence-corrected chi connectivity index (χ1v) is 9.39. The third-order valence-electron chi connectivity index (χ3n) is 4.68. The van der Waals surface area contributed by atoms with Gasteiger partial charge in [-0.05, 0) is 24.3 Å². The van der Waals surface area contributed by atoms with E-state index in [4.69, 9.17) is 9.72 Å². The van der Waals surface area contributed by atoms with Crippen molar-refractivity contribution in [3.63, 3.8) is 0 Å². The lowest BCUT2D eigenvalue weighted by Gasteiger charge is -2.28. The van der Waals surface area contributed by atoms with Crippen LogP contribution in [0.25, 0.3) is 22.4 Å². The van der Waals surface area contributed by atoms with Crippen LogP contribution in [0.4, 0.5) is 22.1 Å². The number of H-pyrrole nitrogens is 1. The van der Waals surface area contributed by atoms with E-state index in [2.05, 4.69) is 40.4 Å². The minimum Gasteiger partial charge on any atom is -0.378 e. The highest BCUT2D eigenvalue weighted by molar-refractivity contribution is 5.99. The van der Waals surface area contributed by atoms with Gasteiger partial charge in [0.2, 0.25) is 0 Å². The zero-order valence-corrected chi connectivity index (χ0v) is 15.8. The van der Waals surface area contributed by atoms with Gasteiger partial charge in [0.05, 0.1) is 24.8 Å². The molecule has 4 aromatic rings. The molecule has 1 aromatic carbocycles. The molecule has 1 aliphatic rings. The summed E-state index contributed by atoms with van der Waals surface area (Å²) in [4.78, 5) is 23.6. The molecule has 11 heteroatoms. The molecule has 0 saturated carbocycles. The maximum absolute atomic E-state index is 12.0. The number of amides is 2. The third-order valence-corrected chi connectivity index (χ3v) is 4.68. The Kier molecular flexibility index (Phi) is 4.69. The third kappa shape index (κ3) is 3.65. The van der Waals surface area contributed by atoms with Gasteiger partial charge >= 0.3 is 6.03 Å². The van der Waals surface area contributed by atoms with E-state index in [0.29, 0.717) is 36.2 Å². The van der Waals surface area contributed by atoms with Crippen LogP contribution in [0.3, 0.4) is 0 Å². The van der Waals surface area contributed by atoms with Gasteiger partial charge in [-0.2, -0.15) is 5.10 Å². The number of hydrogen-bond donors (Lipinski definition) is 3. The van der Waals surface area contributed by atoms with E-state index in [9.17, 15) is 4.79 Å². The minimum absolute atomic E-state index is 0.334. The summed E-state index contributed by atoms with van der Waals surface area (Å²) in [5.74, 6) is 1.74. The van der Waals surface area contributed by atoms with Crippen molar-refractivity contribution in [2.75, 3.05) is 41.8 Å². The highest BCUT2D eigenvalue weighted by Gasteiger charge is 2.19. The Morgan fingerprint density at radius 3 is 2.67 bits per heavy atom. The lowest BCUT2D eigenvalue weighted by Crippen LogP contribution is -2.37. The number of nitrogens with zero attached hydrogens (tertiary/aromatic N) is 5. The van der Waals surface area contributed by atoms with E-state index < -0.39 is 6.03 Å². The van der Waals surface area contributed by atoms with Gasteiger partial charge in [0, 0.05) is 30.4 Å². The predicted octanol–water partition coefficient (Wildman–Crippen LogP) is 2.49. The van der Waals surface area contributed by atoms with Crippen LogP contribution in [0.1, 0.15) is 0 Å². The molecule has 0 spiro atoms. The number of hydrogen-bond acceptors (Lipinski definition) is 8. The van der Waals surface area contributed by atoms with Gasteiger partial charge in [0.25, 0.3) is 0 Å². The highest BCUT2D eigenvalue weighted by atomic mass is 16.5. The molecule has 3 N–H and O–H groups in total. The molecule has 0 radical (unpaired) electrons.